The maximum Gasteiger partial charge on any atom is 0.261 e. The van der Waals surface area contributed by atoms with Gasteiger partial charge < -0.3 is 0 Å². The molecule has 4 nitrogen and oxygen atoms in total. The summed E-state index contributed by atoms with van der Waals surface area (Å²) in [7, 11) is -1.59. The van der Waals surface area contributed by atoms with Crippen molar-refractivity contribution in [2.45, 2.75) is 20.3 Å². The Morgan fingerprint density at radius 3 is 2.20 bits per heavy atom. The van der Waals surface area contributed by atoms with Gasteiger partial charge in [0.05, 0.1) is 6.26 Å². The molecule has 0 saturated heterocycles. The smallest absolute Gasteiger partial charge is 0.261 e. The molecule has 86 valence electrons. The molecule has 0 atom stereocenters. The highest BCUT2D eigenvalue weighted by Gasteiger charge is 1.99. The highest BCUT2D eigenvalue weighted by molar-refractivity contribution is 7.85. The zero-order valence-electron chi connectivity index (χ0n) is 9.56. The normalized spacial score (nSPS) is 10.5. The Labute approximate surface area is 91.3 Å². The standard InChI is InChI=1S/C9H14N.CH4O3S/c1-4-9-6-5-8(2)10(3)7-9;1-5(2,3)4/h5-7H,4H2,1-3H3;1H3,(H,2,3,4)/q+1;. The van der Waals surface area contributed by atoms with Crippen LogP contribution < -0.4 is 4.57 Å². The number of hydrogen-bond donors (Lipinski definition) is 1. The molecular formula is C10H18NO3S+. The first-order valence-electron chi connectivity index (χ1n) is 4.61. The van der Waals surface area contributed by atoms with E-state index in [1.165, 1.54) is 11.3 Å². The molecule has 0 saturated carbocycles. The van der Waals surface area contributed by atoms with Crippen molar-refractivity contribution >= 4 is 10.1 Å². The number of hydrogen-bond acceptors (Lipinski definition) is 2. The van der Waals surface area contributed by atoms with E-state index in [-0.39, 0.29) is 0 Å². The summed E-state index contributed by atoms with van der Waals surface area (Å²) in [4.78, 5) is 0. The fourth-order valence-corrected chi connectivity index (χ4v) is 0.948. The van der Waals surface area contributed by atoms with Crippen LogP contribution in [-0.2, 0) is 23.6 Å². The van der Waals surface area contributed by atoms with Crippen molar-refractivity contribution < 1.29 is 17.5 Å². The molecule has 1 heterocycles. The molecular weight excluding hydrogens is 214 g/mol. The molecule has 1 N–H and O–H groups in total. The second-order valence-electron chi connectivity index (χ2n) is 3.38. The van der Waals surface area contributed by atoms with Gasteiger partial charge in [0.1, 0.15) is 7.05 Å². The Kier molecular flexibility index (Phi) is 5.46. The summed E-state index contributed by atoms with van der Waals surface area (Å²) in [5.74, 6) is 0. The van der Waals surface area contributed by atoms with Gasteiger partial charge in [-0.2, -0.15) is 8.42 Å². The second kappa shape index (κ2) is 5.82. The molecule has 0 aliphatic carbocycles. The monoisotopic (exact) mass is 232 g/mol. The fraction of sp³-hybridized carbons (Fsp3) is 0.500. The predicted molar refractivity (Wildman–Crippen MR) is 59.2 cm³/mol. The first-order valence-corrected chi connectivity index (χ1v) is 6.46. The van der Waals surface area contributed by atoms with Gasteiger partial charge in [0.15, 0.2) is 11.9 Å². The molecule has 1 rings (SSSR count). The van der Waals surface area contributed by atoms with Gasteiger partial charge in [-0.15, -0.1) is 0 Å². The number of pyridine rings is 1. The van der Waals surface area contributed by atoms with Crippen LogP contribution in [0.1, 0.15) is 18.2 Å². The van der Waals surface area contributed by atoms with Gasteiger partial charge >= 0.3 is 0 Å². The maximum absolute atomic E-state index is 9.19. The van der Waals surface area contributed by atoms with Crippen molar-refractivity contribution in [2.75, 3.05) is 6.26 Å². The molecule has 1 aromatic rings. The van der Waals surface area contributed by atoms with Crippen molar-refractivity contribution in [3.63, 3.8) is 0 Å². The SMILES string of the molecule is CCc1ccc(C)[n+](C)c1.CS(=O)(=O)O. The van der Waals surface area contributed by atoms with Gasteiger partial charge in [-0.3, -0.25) is 4.55 Å². The average molecular weight is 232 g/mol. The van der Waals surface area contributed by atoms with E-state index < -0.39 is 10.1 Å². The lowest BCUT2D eigenvalue weighted by atomic mass is 10.2. The van der Waals surface area contributed by atoms with Gasteiger partial charge in [-0.25, -0.2) is 4.57 Å². The van der Waals surface area contributed by atoms with E-state index in [4.69, 9.17) is 4.55 Å². The van der Waals surface area contributed by atoms with Gasteiger partial charge in [-0.1, -0.05) is 6.92 Å². The minimum Gasteiger partial charge on any atom is -0.286 e. The summed E-state index contributed by atoms with van der Waals surface area (Å²) in [6.07, 6.45) is 4.01. The maximum atomic E-state index is 9.19. The molecule has 1 aromatic heterocycles. The Hall–Kier alpha value is -0.940. The summed E-state index contributed by atoms with van der Waals surface area (Å²) in [6, 6.07) is 4.33. The van der Waals surface area contributed by atoms with E-state index in [0.717, 1.165) is 6.42 Å². The van der Waals surface area contributed by atoms with Crippen LogP contribution in [0, 0.1) is 6.92 Å². The van der Waals surface area contributed by atoms with Crippen molar-refractivity contribution in [1.29, 1.82) is 0 Å². The highest BCUT2D eigenvalue weighted by Crippen LogP contribution is 1.96. The lowest BCUT2D eigenvalue weighted by Gasteiger charge is -1.95. The molecule has 0 bridgehead atoms. The number of aromatic nitrogens is 1. The lowest BCUT2D eigenvalue weighted by Crippen LogP contribution is -2.31. The largest absolute Gasteiger partial charge is 0.286 e. The Balaban J connectivity index is 0.000000336. The first-order chi connectivity index (χ1) is 6.74. The summed E-state index contributed by atoms with van der Waals surface area (Å²) < 4.78 is 28.0. The summed E-state index contributed by atoms with van der Waals surface area (Å²) in [5, 5.41) is 0. The van der Waals surface area contributed by atoms with Gasteiger partial charge in [0, 0.05) is 18.6 Å². The van der Waals surface area contributed by atoms with Crippen LogP contribution in [0.25, 0.3) is 0 Å². The van der Waals surface area contributed by atoms with Crippen LogP contribution in [0.3, 0.4) is 0 Å². The molecule has 0 aliphatic heterocycles. The number of aryl methyl sites for hydroxylation is 3. The van der Waals surface area contributed by atoms with Crippen LogP contribution >= 0.6 is 0 Å². The number of nitrogens with zero attached hydrogens (tertiary/aromatic N) is 1. The molecule has 0 fully saturated rings. The molecule has 0 aliphatic rings. The van der Waals surface area contributed by atoms with Crippen molar-refractivity contribution in [3.05, 3.63) is 29.6 Å². The Bertz CT molecular complexity index is 405. The van der Waals surface area contributed by atoms with E-state index >= 15 is 0 Å². The third-order valence-corrected chi connectivity index (χ3v) is 1.86. The van der Waals surface area contributed by atoms with E-state index in [1.54, 1.807) is 0 Å². The summed E-state index contributed by atoms with van der Waals surface area (Å²) in [5.41, 5.74) is 2.70. The zero-order chi connectivity index (χ0) is 12.1. The molecule has 0 amide bonds. The van der Waals surface area contributed by atoms with Crippen LogP contribution in [0.2, 0.25) is 0 Å². The first kappa shape index (κ1) is 14.1. The summed E-state index contributed by atoms with van der Waals surface area (Å²) in [6.45, 7) is 4.28. The second-order valence-corrected chi connectivity index (χ2v) is 4.84. The molecule has 5 heteroatoms. The van der Waals surface area contributed by atoms with Crippen LogP contribution in [0.5, 0.6) is 0 Å². The topological polar surface area (TPSA) is 58.2 Å². The predicted octanol–water partition coefficient (Wildman–Crippen LogP) is 0.886. The minimum atomic E-state index is -3.67. The number of rotatable bonds is 1. The van der Waals surface area contributed by atoms with Crippen LogP contribution in [0.15, 0.2) is 18.3 Å². The fourth-order valence-electron chi connectivity index (χ4n) is 0.948. The van der Waals surface area contributed by atoms with Crippen molar-refractivity contribution in [2.24, 2.45) is 7.05 Å². The Morgan fingerprint density at radius 2 is 1.87 bits per heavy atom. The van der Waals surface area contributed by atoms with Crippen LogP contribution in [0.4, 0.5) is 0 Å². The van der Waals surface area contributed by atoms with E-state index in [9.17, 15) is 8.42 Å². The third-order valence-electron chi connectivity index (χ3n) is 1.86. The lowest BCUT2D eigenvalue weighted by molar-refractivity contribution is -0.678. The van der Waals surface area contributed by atoms with E-state index in [1.807, 2.05) is 0 Å². The van der Waals surface area contributed by atoms with Gasteiger partial charge in [0.2, 0.25) is 0 Å². The summed E-state index contributed by atoms with van der Waals surface area (Å²) >= 11 is 0. The highest BCUT2D eigenvalue weighted by atomic mass is 32.2. The molecule has 0 radical (unpaired) electrons. The molecule has 0 spiro atoms. The van der Waals surface area contributed by atoms with Crippen molar-refractivity contribution in [1.82, 2.24) is 0 Å². The van der Waals surface area contributed by atoms with Crippen LogP contribution in [-0.4, -0.2) is 19.2 Å². The quantitative estimate of drug-likeness (QED) is 0.578. The Morgan fingerprint density at radius 1 is 1.40 bits per heavy atom. The third kappa shape index (κ3) is 8.08. The average Bonchev–Trinajstić information content (AvgIpc) is 2.07. The zero-order valence-corrected chi connectivity index (χ0v) is 10.4. The van der Waals surface area contributed by atoms with E-state index in [0.29, 0.717) is 6.26 Å². The molecule has 0 aromatic carbocycles. The molecule has 15 heavy (non-hydrogen) atoms. The van der Waals surface area contributed by atoms with Gasteiger partial charge in [-0.05, 0) is 12.5 Å². The molecule has 0 unspecified atom stereocenters. The minimum absolute atomic E-state index is 0.715. The van der Waals surface area contributed by atoms with Gasteiger partial charge in [0.25, 0.3) is 10.1 Å². The van der Waals surface area contributed by atoms with Crippen molar-refractivity contribution in [3.8, 4) is 0 Å². The van der Waals surface area contributed by atoms with E-state index in [2.05, 4.69) is 43.8 Å².